The molecule has 1 aromatic carbocycles. The fourth-order valence-corrected chi connectivity index (χ4v) is 3.08. The number of hydrogen-bond acceptors (Lipinski definition) is 7. The number of ether oxygens (including phenoxy) is 1. The Bertz CT molecular complexity index is 1080. The van der Waals surface area contributed by atoms with E-state index in [1.165, 1.54) is 7.11 Å². The van der Waals surface area contributed by atoms with Crippen LogP contribution in [0.3, 0.4) is 0 Å². The van der Waals surface area contributed by atoms with Crippen molar-refractivity contribution in [3.05, 3.63) is 42.2 Å². The van der Waals surface area contributed by atoms with Crippen molar-refractivity contribution < 1.29 is 14.3 Å². The van der Waals surface area contributed by atoms with Gasteiger partial charge in [-0.15, -0.1) is 0 Å². The van der Waals surface area contributed by atoms with E-state index < -0.39 is 0 Å². The van der Waals surface area contributed by atoms with Crippen molar-refractivity contribution in [1.82, 2.24) is 25.4 Å². The van der Waals surface area contributed by atoms with Crippen LogP contribution < -0.4 is 26.0 Å². The molecule has 4 N–H and O–H groups in total. The van der Waals surface area contributed by atoms with Crippen molar-refractivity contribution in [2.24, 2.45) is 0 Å². The molecule has 2 amide bonds. The van der Waals surface area contributed by atoms with Gasteiger partial charge in [0.05, 0.1) is 18.3 Å². The van der Waals surface area contributed by atoms with E-state index in [9.17, 15) is 9.59 Å². The van der Waals surface area contributed by atoms with Crippen LogP contribution in [0.4, 0.5) is 11.5 Å². The van der Waals surface area contributed by atoms with E-state index >= 15 is 0 Å². The fourth-order valence-electron chi connectivity index (χ4n) is 3.08. The van der Waals surface area contributed by atoms with E-state index in [1.54, 1.807) is 35.1 Å². The third kappa shape index (κ3) is 5.94. The Labute approximate surface area is 186 Å². The second-order valence-electron chi connectivity index (χ2n) is 7.18. The highest BCUT2D eigenvalue weighted by Gasteiger charge is 2.15. The maximum absolute atomic E-state index is 12.8. The topological polar surface area (TPSA) is 122 Å². The summed E-state index contributed by atoms with van der Waals surface area (Å²) in [5.74, 6) is 0.640. The number of amides is 2. The molecule has 3 aromatic rings. The number of benzene rings is 1. The molecule has 10 heteroatoms. The lowest BCUT2D eigenvalue weighted by molar-refractivity contribution is -0.121. The summed E-state index contributed by atoms with van der Waals surface area (Å²) in [6.45, 7) is 4.18. The van der Waals surface area contributed by atoms with Crippen molar-refractivity contribution in [2.45, 2.75) is 19.9 Å². The molecule has 0 aliphatic heterocycles. The molecule has 2 aromatic heterocycles. The molecular weight excluding hydrogens is 410 g/mol. The van der Waals surface area contributed by atoms with E-state index in [0.29, 0.717) is 41.6 Å². The van der Waals surface area contributed by atoms with Crippen molar-refractivity contribution >= 4 is 34.2 Å². The third-order valence-corrected chi connectivity index (χ3v) is 4.66. The minimum Gasteiger partial charge on any atom is -0.494 e. The van der Waals surface area contributed by atoms with Crippen LogP contribution in [0, 0.1) is 0 Å². The fraction of sp³-hybridized carbons (Fsp3) is 0.364. The number of nitrogens with zero attached hydrogens (tertiary/aromatic N) is 3. The first kappa shape index (κ1) is 23.0. The van der Waals surface area contributed by atoms with Crippen LogP contribution in [0.25, 0.3) is 10.9 Å². The van der Waals surface area contributed by atoms with Crippen molar-refractivity contribution in [2.75, 3.05) is 44.4 Å². The number of carbonyl (C=O) groups is 2. The zero-order valence-electron chi connectivity index (χ0n) is 18.6. The number of likely N-dealkylation sites (N-methyl/N-ethyl adjacent to an activating group) is 1. The predicted molar refractivity (Wildman–Crippen MR) is 124 cm³/mol. The molecular formula is C22H29N7O3. The summed E-state index contributed by atoms with van der Waals surface area (Å²) in [6.07, 6.45) is 2.72. The first-order valence-electron chi connectivity index (χ1n) is 10.5. The molecule has 0 bridgehead atoms. The Morgan fingerprint density at radius 2 is 2.00 bits per heavy atom. The summed E-state index contributed by atoms with van der Waals surface area (Å²) < 4.78 is 7.00. The third-order valence-electron chi connectivity index (χ3n) is 4.66. The number of methoxy groups -OCH3 is 1. The molecule has 0 saturated carbocycles. The van der Waals surface area contributed by atoms with Gasteiger partial charge < -0.3 is 26.0 Å². The maximum Gasteiger partial charge on any atom is 0.274 e. The van der Waals surface area contributed by atoms with Crippen LogP contribution in [0.1, 0.15) is 23.8 Å². The number of hydrogen-bond donors (Lipinski definition) is 4. The molecule has 170 valence electrons. The van der Waals surface area contributed by atoms with Gasteiger partial charge in [-0.1, -0.05) is 13.0 Å². The summed E-state index contributed by atoms with van der Waals surface area (Å²) in [7, 11) is 3.35. The Hall–Kier alpha value is -3.66. The van der Waals surface area contributed by atoms with Gasteiger partial charge in [-0.3, -0.25) is 14.3 Å². The zero-order chi connectivity index (χ0) is 22.9. The summed E-state index contributed by atoms with van der Waals surface area (Å²) in [4.78, 5) is 29.2. The normalized spacial score (nSPS) is 10.7. The van der Waals surface area contributed by atoms with Gasteiger partial charge >= 0.3 is 0 Å². The largest absolute Gasteiger partial charge is 0.494 e. The SMILES string of the molecule is CCCNc1cccc(C(=O)Nc2cc3cn(CC(=O)NCCNC)nc3cc2OC)n1. The van der Waals surface area contributed by atoms with E-state index in [2.05, 4.69) is 38.3 Å². The number of aromatic nitrogens is 3. The van der Waals surface area contributed by atoms with Gasteiger partial charge in [0.2, 0.25) is 5.91 Å². The molecule has 0 atom stereocenters. The summed E-state index contributed by atoms with van der Waals surface area (Å²) in [5, 5.41) is 17.0. The molecule has 0 radical (unpaired) electrons. The number of anilines is 2. The van der Waals surface area contributed by atoms with Crippen LogP contribution in [0.5, 0.6) is 5.75 Å². The van der Waals surface area contributed by atoms with Crippen LogP contribution >= 0.6 is 0 Å². The lowest BCUT2D eigenvalue weighted by Crippen LogP contribution is -2.33. The van der Waals surface area contributed by atoms with E-state index in [1.807, 2.05) is 13.1 Å². The quantitative estimate of drug-likeness (QED) is 0.336. The highest BCUT2D eigenvalue weighted by atomic mass is 16.5. The molecule has 0 aliphatic carbocycles. The first-order valence-corrected chi connectivity index (χ1v) is 10.5. The summed E-state index contributed by atoms with van der Waals surface area (Å²) in [5.41, 5.74) is 1.45. The average Bonchev–Trinajstić information content (AvgIpc) is 3.18. The molecule has 0 aliphatic rings. The predicted octanol–water partition coefficient (Wildman–Crippen LogP) is 1.85. The molecule has 10 nitrogen and oxygen atoms in total. The highest BCUT2D eigenvalue weighted by molar-refractivity contribution is 6.05. The minimum atomic E-state index is -0.348. The molecule has 3 rings (SSSR count). The molecule has 0 saturated heterocycles. The minimum absolute atomic E-state index is 0.101. The molecule has 0 fully saturated rings. The van der Waals surface area contributed by atoms with Crippen LogP contribution in [0.2, 0.25) is 0 Å². The molecule has 32 heavy (non-hydrogen) atoms. The van der Waals surface area contributed by atoms with Gasteiger partial charge in [0, 0.05) is 37.3 Å². The highest BCUT2D eigenvalue weighted by Crippen LogP contribution is 2.30. The van der Waals surface area contributed by atoms with Crippen LogP contribution in [-0.4, -0.2) is 60.4 Å². The van der Waals surface area contributed by atoms with E-state index in [4.69, 9.17) is 4.74 Å². The van der Waals surface area contributed by atoms with Crippen molar-refractivity contribution in [3.8, 4) is 5.75 Å². The lowest BCUT2D eigenvalue weighted by atomic mass is 10.2. The van der Waals surface area contributed by atoms with E-state index in [0.717, 1.165) is 18.4 Å². The average molecular weight is 440 g/mol. The Morgan fingerprint density at radius 3 is 2.75 bits per heavy atom. The van der Waals surface area contributed by atoms with Crippen LogP contribution in [0.15, 0.2) is 36.5 Å². The standard InChI is InChI=1S/C22H29N7O3/c1-4-8-24-20-7-5-6-16(26-20)22(31)27-18-11-15-13-29(14-21(30)25-10-9-23-2)28-17(15)12-19(18)32-3/h5-7,11-13,23H,4,8-10,14H2,1-3H3,(H,24,26)(H,25,30)(H,27,31). The van der Waals surface area contributed by atoms with Gasteiger partial charge in [0.15, 0.2) is 0 Å². The van der Waals surface area contributed by atoms with Gasteiger partial charge in [0.1, 0.15) is 23.8 Å². The summed E-state index contributed by atoms with van der Waals surface area (Å²) >= 11 is 0. The molecule has 0 spiro atoms. The number of carbonyl (C=O) groups excluding carboxylic acids is 2. The van der Waals surface area contributed by atoms with Crippen LogP contribution in [-0.2, 0) is 11.3 Å². The van der Waals surface area contributed by atoms with E-state index in [-0.39, 0.29) is 18.4 Å². The zero-order valence-corrected chi connectivity index (χ0v) is 18.6. The van der Waals surface area contributed by atoms with Gasteiger partial charge in [-0.25, -0.2) is 4.98 Å². The Balaban J connectivity index is 1.76. The van der Waals surface area contributed by atoms with Crippen molar-refractivity contribution in [3.63, 3.8) is 0 Å². The number of fused-ring (bicyclic) bond motifs is 1. The number of pyridine rings is 1. The smallest absolute Gasteiger partial charge is 0.274 e. The second kappa shape index (κ2) is 11.1. The summed E-state index contributed by atoms with van der Waals surface area (Å²) in [6, 6.07) is 8.76. The monoisotopic (exact) mass is 439 g/mol. The van der Waals surface area contributed by atoms with Gasteiger partial charge in [-0.2, -0.15) is 5.10 Å². The number of rotatable bonds is 11. The first-order chi connectivity index (χ1) is 15.5. The molecule has 2 heterocycles. The van der Waals surface area contributed by atoms with Gasteiger partial charge in [-0.05, 0) is 31.7 Å². The Kier molecular flexibility index (Phi) is 7.98. The van der Waals surface area contributed by atoms with Crippen molar-refractivity contribution in [1.29, 1.82) is 0 Å². The Morgan fingerprint density at radius 1 is 1.16 bits per heavy atom. The second-order valence-corrected chi connectivity index (χ2v) is 7.18. The van der Waals surface area contributed by atoms with Gasteiger partial charge in [0.25, 0.3) is 5.91 Å². The number of nitrogens with one attached hydrogen (secondary N) is 4. The lowest BCUT2D eigenvalue weighted by Gasteiger charge is -2.11. The maximum atomic E-state index is 12.8. The molecule has 0 unspecified atom stereocenters.